The Morgan fingerprint density at radius 3 is 2.39 bits per heavy atom. The van der Waals surface area contributed by atoms with E-state index in [4.69, 9.17) is 0 Å². The van der Waals surface area contributed by atoms with Crippen LogP contribution in [0.2, 0.25) is 0 Å². The van der Waals surface area contributed by atoms with Crippen molar-refractivity contribution in [3.8, 4) is 5.75 Å². The van der Waals surface area contributed by atoms with Gasteiger partial charge < -0.3 is 10.1 Å². The number of unbranched alkanes of at least 4 members (excludes halogenated alkanes) is 1. The second kappa shape index (κ2) is 7.41. The van der Waals surface area contributed by atoms with Gasteiger partial charge in [0, 0.05) is 12.2 Å². The molecule has 6 heteroatoms. The number of hydrogen-bond donors (Lipinski definition) is 1. The Morgan fingerprint density at radius 2 is 1.83 bits per heavy atom. The molecule has 102 valence electrons. The van der Waals surface area contributed by atoms with Gasteiger partial charge in [-0.3, -0.25) is 0 Å². The molecule has 0 unspecified atom stereocenters. The van der Waals surface area contributed by atoms with E-state index >= 15 is 0 Å². The predicted octanol–water partition coefficient (Wildman–Crippen LogP) is 4.14. The highest BCUT2D eigenvalue weighted by Crippen LogP contribution is 2.23. The van der Waals surface area contributed by atoms with Crippen molar-refractivity contribution in [3.05, 3.63) is 24.3 Å². The quantitative estimate of drug-likeness (QED) is 0.758. The summed E-state index contributed by atoms with van der Waals surface area (Å²) < 4.78 is 39.6. The molecule has 0 amide bonds. The molecule has 0 aliphatic carbocycles. The normalized spacial score (nSPS) is 11.3. The molecule has 1 rings (SSSR count). The molecule has 0 saturated carbocycles. The van der Waals surface area contributed by atoms with Crippen molar-refractivity contribution in [1.29, 1.82) is 0 Å². The van der Waals surface area contributed by atoms with Gasteiger partial charge in [0.1, 0.15) is 5.75 Å². The smallest absolute Gasteiger partial charge is 0.406 e. The number of ether oxygens (including phenoxy) is 1. The highest BCUT2D eigenvalue weighted by atomic mass is 32.2. The van der Waals surface area contributed by atoms with E-state index in [9.17, 15) is 13.2 Å². The summed E-state index contributed by atoms with van der Waals surface area (Å²) in [5, 5.41) is 3.15. The average molecular weight is 279 g/mol. The Bertz CT molecular complexity index is 340. The summed E-state index contributed by atoms with van der Waals surface area (Å²) in [5.74, 6) is 0.926. The fourth-order valence-corrected chi connectivity index (χ4v) is 1.87. The lowest BCUT2D eigenvalue weighted by Crippen LogP contribution is -2.17. The SMILES string of the molecule is CSCCCCNc1ccc(OC(F)(F)F)cc1. The van der Waals surface area contributed by atoms with Gasteiger partial charge in [-0.2, -0.15) is 11.8 Å². The topological polar surface area (TPSA) is 21.3 Å². The summed E-state index contributed by atoms with van der Waals surface area (Å²) in [7, 11) is 0. The molecule has 2 nitrogen and oxygen atoms in total. The molecular weight excluding hydrogens is 263 g/mol. The van der Waals surface area contributed by atoms with Gasteiger partial charge in [-0.1, -0.05) is 0 Å². The van der Waals surface area contributed by atoms with Crippen molar-refractivity contribution in [3.63, 3.8) is 0 Å². The van der Waals surface area contributed by atoms with Gasteiger partial charge in [0.15, 0.2) is 0 Å². The fourth-order valence-electron chi connectivity index (χ4n) is 1.38. The van der Waals surface area contributed by atoms with Crippen molar-refractivity contribution < 1.29 is 17.9 Å². The first kappa shape index (κ1) is 15.0. The van der Waals surface area contributed by atoms with Gasteiger partial charge in [-0.25, -0.2) is 0 Å². The summed E-state index contributed by atoms with van der Waals surface area (Å²) in [4.78, 5) is 0. The number of alkyl halides is 3. The van der Waals surface area contributed by atoms with Crippen molar-refractivity contribution >= 4 is 17.4 Å². The Labute approximate surface area is 109 Å². The Kier molecular flexibility index (Phi) is 6.18. The lowest BCUT2D eigenvalue weighted by Gasteiger charge is -2.10. The maximum atomic E-state index is 11.9. The van der Waals surface area contributed by atoms with Crippen molar-refractivity contribution in [1.82, 2.24) is 0 Å². The molecule has 1 N–H and O–H groups in total. The molecule has 0 bridgehead atoms. The van der Waals surface area contributed by atoms with Crippen LogP contribution >= 0.6 is 11.8 Å². The predicted molar refractivity (Wildman–Crippen MR) is 69.2 cm³/mol. The Hall–Kier alpha value is -1.04. The number of thioether (sulfide) groups is 1. The van der Waals surface area contributed by atoms with Crippen LogP contribution in [0.15, 0.2) is 24.3 Å². The van der Waals surface area contributed by atoms with E-state index in [1.807, 2.05) is 0 Å². The van der Waals surface area contributed by atoms with E-state index in [0.29, 0.717) is 0 Å². The minimum atomic E-state index is -4.63. The molecule has 0 aliphatic rings. The van der Waals surface area contributed by atoms with Crippen LogP contribution in [0.1, 0.15) is 12.8 Å². The first-order chi connectivity index (χ1) is 8.51. The minimum absolute atomic E-state index is 0.199. The van der Waals surface area contributed by atoms with Crippen LogP contribution in [0.3, 0.4) is 0 Å². The maximum absolute atomic E-state index is 11.9. The number of nitrogens with one attached hydrogen (secondary N) is 1. The molecule has 0 aliphatic heterocycles. The van der Waals surface area contributed by atoms with Crippen LogP contribution in [0.25, 0.3) is 0 Å². The Morgan fingerprint density at radius 1 is 1.17 bits per heavy atom. The van der Waals surface area contributed by atoms with E-state index in [2.05, 4.69) is 16.3 Å². The molecule has 0 saturated heterocycles. The van der Waals surface area contributed by atoms with Crippen LogP contribution in [0, 0.1) is 0 Å². The highest BCUT2D eigenvalue weighted by Gasteiger charge is 2.30. The van der Waals surface area contributed by atoms with Crippen molar-refractivity contribution in [2.24, 2.45) is 0 Å². The van der Waals surface area contributed by atoms with Gasteiger partial charge in [-0.05, 0) is 49.1 Å². The van der Waals surface area contributed by atoms with E-state index in [1.165, 1.54) is 12.1 Å². The summed E-state index contributed by atoms with van der Waals surface area (Å²) in [5.41, 5.74) is 0.800. The average Bonchev–Trinajstić information content (AvgIpc) is 2.29. The van der Waals surface area contributed by atoms with Crippen LogP contribution in [0.5, 0.6) is 5.75 Å². The van der Waals surface area contributed by atoms with Crippen LogP contribution < -0.4 is 10.1 Å². The second-order valence-electron chi connectivity index (χ2n) is 3.70. The van der Waals surface area contributed by atoms with Gasteiger partial charge in [0.05, 0.1) is 0 Å². The lowest BCUT2D eigenvalue weighted by atomic mass is 10.3. The number of rotatable bonds is 7. The van der Waals surface area contributed by atoms with Gasteiger partial charge >= 0.3 is 6.36 Å². The largest absolute Gasteiger partial charge is 0.573 e. The van der Waals surface area contributed by atoms with Crippen LogP contribution in [0.4, 0.5) is 18.9 Å². The molecule has 1 aromatic rings. The number of halogens is 3. The molecule has 0 atom stereocenters. The first-order valence-corrected chi connectivity index (χ1v) is 6.99. The fraction of sp³-hybridized carbons (Fsp3) is 0.500. The van der Waals surface area contributed by atoms with E-state index < -0.39 is 6.36 Å². The molecule has 0 spiro atoms. The number of anilines is 1. The first-order valence-electron chi connectivity index (χ1n) is 5.60. The zero-order chi connectivity index (χ0) is 13.4. The van der Waals surface area contributed by atoms with E-state index in [-0.39, 0.29) is 5.75 Å². The summed E-state index contributed by atoms with van der Waals surface area (Å²) >= 11 is 1.80. The van der Waals surface area contributed by atoms with Gasteiger partial charge in [-0.15, -0.1) is 13.2 Å². The summed E-state index contributed by atoms with van der Waals surface area (Å²) in [6.45, 7) is 0.819. The molecule has 0 heterocycles. The molecule has 0 radical (unpaired) electrons. The summed E-state index contributed by atoms with van der Waals surface area (Å²) in [6, 6.07) is 5.76. The van der Waals surface area contributed by atoms with Crippen LogP contribution in [-0.4, -0.2) is 24.9 Å². The maximum Gasteiger partial charge on any atom is 0.573 e. The Balaban J connectivity index is 2.32. The van der Waals surface area contributed by atoms with E-state index in [1.54, 1.807) is 23.9 Å². The number of hydrogen-bond acceptors (Lipinski definition) is 3. The third-order valence-corrected chi connectivity index (χ3v) is 2.89. The highest BCUT2D eigenvalue weighted by molar-refractivity contribution is 7.98. The van der Waals surface area contributed by atoms with Gasteiger partial charge in [0.25, 0.3) is 0 Å². The molecule has 0 aromatic heterocycles. The zero-order valence-corrected chi connectivity index (χ0v) is 10.9. The third kappa shape index (κ3) is 6.64. The van der Waals surface area contributed by atoms with Crippen LogP contribution in [-0.2, 0) is 0 Å². The monoisotopic (exact) mass is 279 g/mol. The second-order valence-corrected chi connectivity index (χ2v) is 4.68. The summed E-state index contributed by atoms with van der Waals surface area (Å²) in [6.07, 6.45) is -0.398. The van der Waals surface area contributed by atoms with E-state index in [0.717, 1.165) is 30.8 Å². The molecule has 18 heavy (non-hydrogen) atoms. The molecular formula is C12H16F3NOS. The standard InChI is InChI=1S/C12H16F3NOS/c1-18-9-3-2-8-16-10-4-6-11(7-5-10)17-12(13,14)15/h4-7,16H,2-3,8-9H2,1H3. The van der Waals surface area contributed by atoms with Gasteiger partial charge in [0.2, 0.25) is 0 Å². The zero-order valence-electron chi connectivity index (χ0n) is 10.1. The number of benzene rings is 1. The third-order valence-electron chi connectivity index (χ3n) is 2.19. The minimum Gasteiger partial charge on any atom is -0.406 e. The van der Waals surface area contributed by atoms with Crippen molar-refractivity contribution in [2.75, 3.05) is 23.9 Å². The molecule has 0 fully saturated rings. The lowest BCUT2D eigenvalue weighted by molar-refractivity contribution is -0.274. The molecule has 1 aromatic carbocycles. The van der Waals surface area contributed by atoms with Crippen molar-refractivity contribution in [2.45, 2.75) is 19.2 Å².